The maximum atomic E-state index is 14.9. The maximum Gasteiger partial charge on any atom is 0.317 e. The number of alkyl halides is 2. The third-order valence-electron chi connectivity index (χ3n) is 4.74. The molecule has 1 unspecified atom stereocenters. The topological polar surface area (TPSA) is 81.2 Å². The van der Waals surface area contributed by atoms with Crippen LogP contribution in [0.2, 0.25) is 5.02 Å². The monoisotopic (exact) mass is 372 g/mol. The van der Waals surface area contributed by atoms with Crippen molar-refractivity contribution in [3.05, 3.63) is 28.9 Å². The fraction of sp³-hybridized carbons (Fsp3) is 0.500. The molecule has 1 aromatic carbocycles. The fourth-order valence-electron chi connectivity index (χ4n) is 3.32. The average molecular weight is 373 g/mol. The Kier molecular flexibility index (Phi) is 4.83. The number of amides is 2. The molecule has 1 aromatic heterocycles. The van der Waals surface area contributed by atoms with Gasteiger partial charge in [-0.3, -0.25) is 5.10 Å². The van der Waals surface area contributed by atoms with Crippen molar-refractivity contribution in [3.8, 4) is 0 Å². The van der Waals surface area contributed by atoms with Crippen molar-refractivity contribution >= 4 is 28.5 Å². The molecule has 0 spiro atoms. The van der Waals surface area contributed by atoms with Crippen molar-refractivity contribution < 1.29 is 18.7 Å². The first kappa shape index (κ1) is 17.9. The minimum Gasteiger partial charge on any atom is -0.382 e. The lowest BCUT2D eigenvalue weighted by molar-refractivity contribution is -0.159. The highest BCUT2D eigenvalue weighted by atomic mass is 35.5. The van der Waals surface area contributed by atoms with Gasteiger partial charge in [-0.1, -0.05) is 11.6 Å². The third kappa shape index (κ3) is 3.28. The van der Waals surface area contributed by atoms with E-state index >= 15 is 0 Å². The molecule has 6 nitrogen and oxygen atoms in total. The van der Waals surface area contributed by atoms with Crippen LogP contribution in [-0.2, 0) is 0 Å². The molecule has 3 N–H and O–H groups in total. The molecule has 2 amide bonds. The van der Waals surface area contributed by atoms with E-state index in [4.69, 9.17) is 11.6 Å². The van der Waals surface area contributed by atoms with Crippen molar-refractivity contribution in [2.45, 2.75) is 24.9 Å². The summed E-state index contributed by atoms with van der Waals surface area (Å²) in [6.07, 6.45) is -0.308. The van der Waals surface area contributed by atoms with Crippen LogP contribution in [0.4, 0.5) is 13.6 Å². The number of aliphatic hydroxyl groups is 1. The number of aliphatic hydroxyl groups excluding tert-OH is 1. The van der Waals surface area contributed by atoms with Crippen molar-refractivity contribution in [3.63, 3.8) is 0 Å². The highest BCUT2D eigenvalue weighted by Gasteiger charge is 2.48. The fourth-order valence-corrected chi connectivity index (χ4v) is 3.55. The highest BCUT2D eigenvalue weighted by molar-refractivity contribution is 6.31. The Bertz CT molecular complexity index is 775. The normalized spacial score (nSPS) is 17.7. The first-order chi connectivity index (χ1) is 11.8. The van der Waals surface area contributed by atoms with Crippen LogP contribution in [0.15, 0.2) is 18.3 Å². The van der Waals surface area contributed by atoms with Gasteiger partial charge in [0.1, 0.15) is 6.10 Å². The van der Waals surface area contributed by atoms with Gasteiger partial charge in [0.05, 0.1) is 11.7 Å². The van der Waals surface area contributed by atoms with E-state index in [1.165, 1.54) is 24.2 Å². The first-order valence-corrected chi connectivity index (χ1v) is 8.37. The van der Waals surface area contributed by atoms with Gasteiger partial charge >= 0.3 is 6.03 Å². The summed E-state index contributed by atoms with van der Waals surface area (Å²) in [5.41, 5.74) is 0.373. The van der Waals surface area contributed by atoms with Crippen molar-refractivity contribution in [1.82, 2.24) is 20.4 Å². The average Bonchev–Trinajstić information content (AvgIpc) is 3.08. The molecule has 1 fully saturated rings. The second-order valence-corrected chi connectivity index (χ2v) is 6.66. The van der Waals surface area contributed by atoms with Crippen LogP contribution in [0.1, 0.15) is 24.5 Å². The molecule has 136 valence electrons. The maximum absolute atomic E-state index is 14.9. The SMILES string of the molecule is CNC(=O)N1CCC(C(F)(F)C(O)c2cc(Cl)cc3cn[nH]c23)CC1. The molecule has 0 bridgehead atoms. The van der Waals surface area contributed by atoms with E-state index in [1.54, 1.807) is 6.07 Å². The smallest absolute Gasteiger partial charge is 0.317 e. The molecule has 0 radical (unpaired) electrons. The minimum absolute atomic E-state index is 0.0266. The number of benzene rings is 1. The predicted molar refractivity (Wildman–Crippen MR) is 89.8 cm³/mol. The Morgan fingerprint density at radius 2 is 2.16 bits per heavy atom. The molecular formula is C16H19ClF2N4O2. The number of halogens is 3. The van der Waals surface area contributed by atoms with E-state index in [9.17, 15) is 18.7 Å². The van der Waals surface area contributed by atoms with Gasteiger partial charge in [0, 0.05) is 42.0 Å². The molecule has 1 aliphatic heterocycles. The Morgan fingerprint density at radius 1 is 1.48 bits per heavy atom. The number of urea groups is 1. The van der Waals surface area contributed by atoms with Crippen LogP contribution in [0.25, 0.3) is 10.9 Å². The number of likely N-dealkylation sites (tertiary alicyclic amines) is 1. The van der Waals surface area contributed by atoms with Crippen LogP contribution in [0, 0.1) is 5.92 Å². The molecule has 2 heterocycles. The lowest BCUT2D eigenvalue weighted by atomic mass is 9.85. The van der Waals surface area contributed by atoms with Gasteiger partial charge in [-0.2, -0.15) is 5.10 Å². The largest absolute Gasteiger partial charge is 0.382 e. The Balaban J connectivity index is 1.82. The van der Waals surface area contributed by atoms with Crippen molar-refractivity contribution in [1.29, 1.82) is 0 Å². The highest BCUT2D eigenvalue weighted by Crippen LogP contribution is 2.44. The van der Waals surface area contributed by atoms with E-state index in [0.717, 1.165) is 0 Å². The van der Waals surface area contributed by atoms with Crippen LogP contribution >= 0.6 is 11.6 Å². The number of nitrogens with one attached hydrogen (secondary N) is 2. The number of aromatic nitrogens is 2. The van der Waals surface area contributed by atoms with Crippen LogP contribution < -0.4 is 5.32 Å². The number of carbonyl (C=O) groups excluding carboxylic acids is 1. The molecule has 2 aromatic rings. The Hall–Kier alpha value is -1.93. The van der Waals surface area contributed by atoms with Crippen LogP contribution in [-0.4, -0.2) is 52.3 Å². The van der Waals surface area contributed by atoms with Gasteiger partial charge in [-0.25, -0.2) is 13.6 Å². The summed E-state index contributed by atoms with van der Waals surface area (Å²) in [7, 11) is 1.50. The number of hydrogen-bond donors (Lipinski definition) is 3. The van der Waals surface area contributed by atoms with E-state index in [0.29, 0.717) is 10.9 Å². The van der Waals surface area contributed by atoms with Gasteiger partial charge in [0.25, 0.3) is 5.92 Å². The zero-order valence-corrected chi connectivity index (χ0v) is 14.4. The summed E-state index contributed by atoms with van der Waals surface area (Å²) in [5.74, 6) is -4.38. The van der Waals surface area contributed by atoms with E-state index < -0.39 is 17.9 Å². The number of aromatic amines is 1. The molecular weight excluding hydrogens is 354 g/mol. The number of piperidine rings is 1. The lowest BCUT2D eigenvalue weighted by Gasteiger charge is -2.37. The number of nitrogens with zero attached hydrogens (tertiary/aromatic N) is 2. The van der Waals surface area contributed by atoms with Crippen molar-refractivity contribution in [2.75, 3.05) is 20.1 Å². The third-order valence-corrected chi connectivity index (χ3v) is 4.96. The molecule has 0 aliphatic carbocycles. The van der Waals surface area contributed by atoms with Gasteiger partial charge < -0.3 is 15.3 Å². The second-order valence-electron chi connectivity index (χ2n) is 6.22. The van der Waals surface area contributed by atoms with E-state index in [2.05, 4.69) is 15.5 Å². The summed E-state index contributed by atoms with van der Waals surface area (Å²) in [6, 6.07) is 2.65. The number of H-pyrrole nitrogens is 1. The molecule has 1 atom stereocenters. The summed E-state index contributed by atoms with van der Waals surface area (Å²) < 4.78 is 29.8. The van der Waals surface area contributed by atoms with Gasteiger partial charge in [0.2, 0.25) is 0 Å². The quantitative estimate of drug-likeness (QED) is 0.774. The van der Waals surface area contributed by atoms with Crippen molar-refractivity contribution in [2.24, 2.45) is 5.92 Å². The molecule has 9 heteroatoms. The number of rotatable bonds is 3. The van der Waals surface area contributed by atoms with Gasteiger partial charge in [-0.05, 0) is 25.0 Å². The summed E-state index contributed by atoms with van der Waals surface area (Å²) in [4.78, 5) is 13.1. The molecule has 1 saturated heterocycles. The first-order valence-electron chi connectivity index (χ1n) is 7.99. The molecule has 3 rings (SSSR count). The van der Waals surface area contributed by atoms with E-state index in [1.807, 2.05) is 0 Å². The second kappa shape index (κ2) is 6.76. The summed E-state index contributed by atoms with van der Waals surface area (Å²) in [6.45, 7) is 0.448. The standard InChI is InChI=1S/C16H19ClF2N4O2/c1-20-15(25)23-4-2-10(3-5-23)16(18,19)14(24)12-7-11(17)6-9-8-21-22-13(9)12/h6-8,10,14,24H,2-5H2,1H3,(H,20,25)(H,21,22). The lowest BCUT2D eigenvalue weighted by Crippen LogP contribution is -2.47. The van der Waals surface area contributed by atoms with Crippen LogP contribution in [0.3, 0.4) is 0 Å². The molecule has 25 heavy (non-hydrogen) atoms. The van der Waals surface area contributed by atoms with E-state index in [-0.39, 0.29) is 42.5 Å². The number of carbonyl (C=O) groups is 1. The molecule has 1 aliphatic rings. The summed E-state index contributed by atoms with van der Waals surface area (Å²) in [5, 5.41) is 20.2. The van der Waals surface area contributed by atoms with Gasteiger partial charge in [-0.15, -0.1) is 0 Å². The summed E-state index contributed by atoms with van der Waals surface area (Å²) >= 11 is 5.98. The molecule has 0 saturated carbocycles. The zero-order valence-electron chi connectivity index (χ0n) is 13.6. The Labute approximate surface area is 148 Å². The number of hydrogen-bond acceptors (Lipinski definition) is 3. The predicted octanol–water partition coefficient (Wildman–Crippen LogP) is 2.94. The zero-order chi connectivity index (χ0) is 18.2. The number of fused-ring (bicyclic) bond motifs is 1. The Morgan fingerprint density at radius 3 is 2.80 bits per heavy atom. The van der Waals surface area contributed by atoms with Gasteiger partial charge in [0.15, 0.2) is 0 Å². The minimum atomic E-state index is -3.35. The van der Waals surface area contributed by atoms with Crippen LogP contribution in [0.5, 0.6) is 0 Å².